The molecule has 5 rings (SSSR count). The number of aromatic nitrogens is 1. The number of aryl methyl sites for hydroxylation is 1. The van der Waals surface area contributed by atoms with Gasteiger partial charge in [-0.1, -0.05) is 6.07 Å². The summed E-state index contributed by atoms with van der Waals surface area (Å²) in [5, 5.41) is 0. The van der Waals surface area contributed by atoms with Gasteiger partial charge in [0.05, 0.1) is 4.88 Å². The summed E-state index contributed by atoms with van der Waals surface area (Å²) in [5.74, 6) is 1.50. The highest BCUT2D eigenvalue weighted by molar-refractivity contribution is 7.14. The van der Waals surface area contributed by atoms with Crippen molar-refractivity contribution in [2.75, 3.05) is 44.2 Å². The number of pyridine rings is 1. The first-order valence-corrected chi connectivity index (χ1v) is 12.4. The Morgan fingerprint density at radius 1 is 0.968 bits per heavy atom. The highest BCUT2D eigenvalue weighted by atomic mass is 32.1. The molecule has 0 bridgehead atoms. The third kappa shape index (κ3) is 4.33. The fourth-order valence-corrected chi connectivity index (χ4v) is 6.22. The Morgan fingerprint density at radius 3 is 2.52 bits per heavy atom. The summed E-state index contributed by atoms with van der Waals surface area (Å²) < 4.78 is 0. The number of carbonyl (C=O) groups is 2. The maximum Gasteiger partial charge on any atom is 0.263 e. The molecule has 7 heteroatoms. The number of rotatable bonds is 3. The van der Waals surface area contributed by atoms with E-state index >= 15 is 0 Å². The van der Waals surface area contributed by atoms with Gasteiger partial charge < -0.3 is 14.7 Å². The van der Waals surface area contributed by atoms with Gasteiger partial charge in [-0.25, -0.2) is 4.98 Å². The highest BCUT2D eigenvalue weighted by Crippen LogP contribution is 2.34. The number of piperazine rings is 1. The van der Waals surface area contributed by atoms with Gasteiger partial charge in [-0.2, -0.15) is 0 Å². The van der Waals surface area contributed by atoms with Crippen LogP contribution in [0.2, 0.25) is 0 Å². The quantitative estimate of drug-likeness (QED) is 0.738. The van der Waals surface area contributed by atoms with E-state index in [2.05, 4.69) is 16.0 Å². The second kappa shape index (κ2) is 8.99. The number of carbonyl (C=O) groups excluding carboxylic acids is 2. The van der Waals surface area contributed by atoms with Crippen molar-refractivity contribution in [1.29, 1.82) is 0 Å². The average molecular weight is 439 g/mol. The minimum absolute atomic E-state index is 0.0430. The number of hydrogen-bond acceptors (Lipinski definition) is 5. The van der Waals surface area contributed by atoms with Crippen LogP contribution in [0.25, 0.3) is 0 Å². The molecule has 2 amide bonds. The predicted molar refractivity (Wildman–Crippen MR) is 123 cm³/mol. The number of thiophene rings is 1. The Morgan fingerprint density at radius 2 is 1.77 bits per heavy atom. The summed E-state index contributed by atoms with van der Waals surface area (Å²) in [6.07, 6.45) is 7.85. The van der Waals surface area contributed by atoms with Gasteiger partial charge in [-0.3, -0.25) is 9.59 Å². The van der Waals surface area contributed by atoms with E-state index < -0.39 is 0 Å². The van der Waals surface area contributed by atoms with Gasteiger partial charge >= 0.3 is 0 Å². The molecule has 0 unspecified atom stereocenters. The van der Waals surface area contributed by atoms with Gasteiger partial charge in [0.25, 0.3) is 5.91 Å². The molecule has 0 spiro atoms. The molecule has 2 aromatic rings. The summed E-state index contributed by atoms with van der Waals surface area (Å²) >= 11 is 1.65. The fraction of sp³-hybridized carbons (Fsp3) is 0.542. The second-order valence-corrected chi connectivity index (χ2v) is 9.99. The van der Waals surface area contributed by atoms with E-state index in [1.807, 2.05) is 34.2 Å². The zero-order valence-electron chi connectivity index (χ0n) is 18.0. The largest absolute Gasteiger partial charge is 0.353 e. The van der Waals surface area contributed by atoms with E-state index in [4.69, 9.17) is 0 Å². The number of anilines is 1. The zero-order valence-corrected chi connectivity index (χ0v) is 18.8. The van der Waals surface area contributed by atoms with Crippen LogP contribution in [-0.4, -0.2) is 65.9 Å². The Labute approximate surface area is 187 Å². The van der Waals surface area contributed by atoms with Crippen molar-refractivity contribution in [2.45, 2.75) is 38.5 Å². The van der Waals surface area contributed by atoms with Crippen LogP contribution < -0.4 is 4.90 Å². The van der Waals surface area contributed by atoms with Gasteiger partial charge in [0, 0.05) is 56.3 Å². The van der Waals surface area contributed by atoms with E-state index in [0.29, 0.717) is 0 Å². The molecule has 3 aliphatic rings. The van der Waals surface area contributed by atoms with Crippen molar-refractivity contribution in [3.8, 4) is 0 Å². The zero-order chi connectivity index (χ0) is 21.2. The fourth-order valence-electron chi connectivity index (χ4n) is 5.05. The topological polar surface area (TPSA) is 56.8 Å². The van der Waals surface area contributed by atoms with E-state index in [-0.39, 0.29) is 17.7 Å². The molecule has 1 aliphatic carbocycles. The van der Waals surface area contributed by atoms with Crippen molar-refractivity contribution >= 4 is 29.0 Å². The molecular formula is C24H30N4O2S. The number of likely N-dealkylation sites (tertiary alicyclic amines) is 1. The van der Waals surface area contributed by atoms with Crippen molar-refractivity contribution in [1.82, 2.24) is 14.8 Å². The highest BCUT2D eigenvalue weighted by Gasteiger charge is 2.32. The van der Waals surface area contributed by atoms with Gasteiger partial charge in [0.2, 0.25) is 5.91 Å². The van der Waals surface area contributed by atoms with Gasteiger partial charge in [-0.05, 0) is 62.3 Å². The molecule has 0 radical (unpaired) electrons. The molecule has 6 nitrogen and oxygen atoms in total. The molecule has 2 aliphatic heterocycles. The normalized spacial score (nSPS) is 21.7. The van der Waals surface area contributed by atoms with Crippen LogP contribution >= 0.6 is 11.3 Å². The van der Waals surface area contributed by atoms with Crippen LogP contribution in [0.4, 0.5) is 5.82 Å². The van der Waals surface area contributed by atoms with Crippen molar-refractivity contribution in [3.63, 3.8) is 0 Å². The summed E-state index contributed by atoms with van der Waals surface area (Å²) in [6, 6.07) is 8.04. The van der Waals surface area contributed by atoms with Crippen LogP contribution in [0.15, 0.2) is 30.5 Å². The summed E-state index contributed by atoms with van der Waals surface area (Å²) in [6.45, 7) is 4.92. The standard InChI is InChI=1S/C24H30N4O2S/c29-23(28-14-12-26(13-15-28)22-6-2-3-9-25-22)18-7-8-20-19(16-18)17-21(31-20)24(30)27-10-4-1-5-11-27/h2-3,6,9,17-18H,1,4-5,7-8,10-16H2/t18-/m0/s1. The minimum atomic E-state index is 0.0430. The molecule has 0 saturated carbocycles. The van der Waals surface area contributed by atoms with Crippen molar-refractivity contribution in [3.05, 3.63) is 45.8 Å². The van der Waals surface area contributed by atoms with E-state index in [1.165, 1.54) is 16.9 Å². The molecule has 31 heavy (non-hydrogen) atoms. The Bertz CT molecular complexity index is 930. The van der Waals surface area contributed by atoms with Crippen LogP contribution in [-0.2, 0) is 17.6 Å². The number of nitrogens with zero attached hydrogens (tertiary/aromatic N) is 4. The lowest BCUT2D eigenvalue weighted by atomic mass is 9.87. The Kier molecular flexibility index (Phi) is 5.94. The third-order valence-corrected chi connectivity index (χ3v) is 8.08. The molecule has 0 aromatic carbocycles. The average Bonchev–Trinajstić information content (AvgIpc) is 3.28. The molecule has 164 valence electrons. The molecular weight excluding hydrogens is 408 g/mol. The van der Waals surface area contributed by atoms with Gasteiger partial charge in [0.15, 0.2) is 0 Å². The number of hydrogen-bond donors (Lipinski definition) is 0. The first kappa shape index (κ1) is 20.5. The molecule has 2 saturated heterocycles. The smallest absolute Gasteiger partial charge is 0.263 e. The maximum atomic E-state index is 13.2. The van der Waals surface area contributed by atoms with E-state index in [9.17, 15) is 9.59 Å². The monoisotopic (exact) mass is 438 g/mol. The lowest BCUT2D eigenvalue weighted by molar-refractivity contribution is -0.136. The first-order valence-electron chi connectivity index (χ1n) is 11.5. The SMILES string of the molecule is O=C(c1cc2c(s1)CC[C@H](C(=O)N1CCN(c3ccccn3)CC1)C2)N1CCCCC1. The summed E-state index contributed by atoms with van der Waals surface area (Å²) in [4.78, 5) is 39.0. The molecule has 1 atom stereocenters. The van der Waals surface area contributed by atoms with Crippen molar-refractivity contribution in [2.24, 2.45) is 5.92 Å². The minimum Gasteiger partial charge on any atom is -0.353 e. The second-order valence-electron chi connectivity index (χ2n) is 8.85. The van der Waals surface area contributed by atoms with E-state index in [0.717, 1.165) is 82.1 Å². The summed E-state index contributed by atoms with van der Waals surface area (Å²) in [5.41, 5.74) is 1.22. The Hall–Kier alpha value is -2.41. The van der Waals surface area contributed by atoms with Crippen LogP contribution in [0.1, 0.15) is 45.8 Å². The molecule has 2 aromatic heterocycles. The maximum absolute atomic E-state index is 13.2. The lowest BCUT2D eigenvalue weighted by Crippen LogP contribution is -2.51. The summed E-state index contributed by atoms with van der Waals surface area (Å²) in [7, 11) is 0. The van der Waals surface area contributed by atoms with Crippen molar-refractivity contribution < 1.29 is 9.59 Å². The third-order valence-electron chi connectivity index (χ3n) is 6.85. The predicted octanol–water partition coefficient (Wildman–Crippen LogP) is 3.22. The van der Waals surface area contributed by atoms with E-state index in [1.54, 1.807) is 11.3 Å². The molecule has 0 N–H and O–H groups in total. The molecule has 2 fully saturated rings. The van der Waals surface area contributed by atoms with Gasteiger partial charge in [0.1, 0.15) is 5.82 Å². The number of amides is 2. The van der Waals surface area contributed by atoms with Crippen LogP contribution in [0.5, 0.6) is 0 Å². The van der Waals surface area contributed by atoms with Gasteiger partial charge in [-0.15, -0.1) is 11.3 Å². The first-order chi connectivity index (χ1) is 15.2. The van der Waals surface area contributed by atoms with Crippen LogP contribution in [0, 0.1) is 5.92 Å². The number of piperidine rings is 1. The van der Waals surface area contributed by atoms with Crippen LogP contribution in [0.3, 0.4) is 0 Å². The number of fused-ring (bicyclic) bond motifs is 1. The lowest BCUT2D eigenvalue weighted by Gasteiger charge is -2.37. The molecule has 4 heterocycles. The Balaban J connectivity index is 1.19.